The summed E-state index contributed by atoms with van der Waals surface area (Å²) >= 11 is 0. The first-order chi connectivity index (χ1) is 8.77. The molecule has 0 radical (unpaired) electrons. The van der Waals surface area contributed by atoms with Crippen molar-refractivity contribution in [2.75, 3.05) is 11.4 Å². The van der Waals surface area contributed by atoms with Gasteiger partial charge in [-0.15, -0.1) is 0 Å². The zero-order valence-electron chi connectivity index (χ0n) is 9.65. The fourth-order valence-electron chi connectivity index (χ4n) is 2.25. The molecule has 3 rings (SSSR count). The summed E-state index contributed by atoms with van der Waals surface area (Å²) in [5.41, 5.74) is 0.881. The van der Waals surface area contributed by atoms with Gasteiger partial charge in [0.05, 0.1) is 23.6 Å². The Balaban J connectivity index is 2.10. The molecule has 0 amide bonds. The number of aryl methyl sites for hydroxylation is 1. The van der Waals surface area contributed by atoms with Crippen LogP contribution >= 0.6 is 0 Å². The standard InChI is InChI=1S/C12H12N4O2/c17-12(18)9-2-4-13-8-10(9)15-6-1-7-16-11(15)3-5-14-16/h2-5,8H,1,6-7H2,(H,17,18). The molecule has 0 spiro atoms. The molecule has 92 valence electrons. The molecule has 0 bridgehead atoms. The van der Waals surface area contributed by atoms with E-state index in [9.17, 15) is 9.90 Å². The van der Waals surface area contributed by atoms with Crippen molar-refractivity contribution in [3.8, 4) is 0 Å². The van der Waals surface area contributed by atoms with Gasteiger partial charge in [-0.1, -0.05) is 0 Å². The van der Waals surface area contributed by atoms with Crippen LogP contribution in [0.15, 0.2) is 30.7 Å². The molecule has 0 aromatic carbocycles. The minimum absolute atomic E-state index is 0.264. The number of aromatic carboxylic acids is 1. The molecular formula is C12H12N4O2. The molecule has 0 saturated carbocycles. The van der Waals surface area contributed by atoms with Gasteiger partial charge >= 0.3 is 5.97 Å². The van der Waals surface area contributed by atoms with Crippen LogP contribution in [0.25, 0.3) is 0 Å². The Hall–Kier alpha value is -2.37. The molecule has 1 N–H and O–H groups in total. The summed E-state index contributed by atoms with van der Waals surface area (Å²) in [4.78, 5) is 17.2. The Morgan fingerprint density at radius 3 is 3.00 bits per heavy atom. The summed E-state index contributed by atoms with van der Waals surface area (Å²) < 4.78 is 1.88. The number of carboxylic acid groups (broad SMARTS) is 1. The van der Waals surface area contributed by atoms with Crippen LogP contribution in [-0.4, -0.2) is 32.4 Å². The third kappa shape index (κ3) is 1.62. The molecule has 0 unspecified atom stereocenters. The van der Waals surface area contributed by atoms with Crippen LogP contribution in [0.3, 0.4) is 0 Å². The second kappa shape index (κ2) is 4.14. The fourth-order valence-corrected chi connectivity index (χ4v) is 2.25. The van der Waals surface area contributed by atoms with Gasteiger partial charge in [-0.2, -0.15) is 5.10 Å². The number of carboxylic acids is 1. The maximum Gasteiger partial charge on any atom is 0.337 e. The lowest BCUT2D eigenvalue weighted by molar-refractivity contribution is 0.0697. The van der Waals surface area contributed by atoms with Crippen LogP contribution in [0.4, 0.5) is 11.5 Å². The summed E-state index contributed by atoms with van der Waals surface area (Å²) in [5.74, 6) is -0.0270. The average molecular weight is 244 g/mol. The van der Waals surface area contributed by atoms with Crippen LogP contribution in [0.1, 0.15) is 16.8 Å². The molecule has 1 aliphatic rings. The Kier molecular flexibility index (Phi) is 2.47. The maximum atomic E-state index is 11.2. The largest absolute Gasteiger partial charge is 0.478 e. The first-order valence-corrected chi connectivity index (χ1v) is 5.74. The Morgan fingerprint density at radius 1 is 1.28 bits per heavy atom. The van der Waals surface area contributed by atoms with Crippen molar-refractivity contribution in [3.05, 3.63) is 36.3 Å². The van der Waals surface area contributed by atoms with E-state index in [1.165, 1.54) is 12.3 Å². The fraction of sp³-hybridized carbons (Fsp3) is 0.250. The van der Waals surface area contributed by atoms with E-state index in [0.29, 0.717) is 5.69 Å². The first-order valence-electron chi connectivity index (χ1n) is 5.74. The molecule has 0 atom stereocenters. The highest BCUT2D eigenvalue weighted by atomic mass is 16.4. The monoisotopic (exact) mass is 244 g/mol. The third-order valence-corrected chi connectivity index (χ3v) is 3.04. The van der Waals surface area contributed by atoms with Gasteiger partial charge in [0.2, 0.25) is 0 Å². The van der Waals surface area contributed by atoms with Gasteiger partial charge in [0.25, 0.3) is 0 Å². The Morgan fingerprint density at radius 2 is 2.17 bits per heavy atom. The lowest BCUT2D eigenvalue weighted by Gasteiger charge is -2.30. The molecule has 2 aromatic heterocycles. The van der Waals surface area contributed by atoms with E-state index in [0.717, 1.165) is 25.3 Å². The quantitative estimate of drug-likeness (QED) is 0.867. The SMILES string of the molecule is O=C(O)c1ccncc1N1CCCn2nccc21. The predicted octanol–water partition coefficient (Wildman–Crippen LogP) is 1.52. The molecule has 2 aromatic rings. The normalized spacial score (nSPS) is 14.3. The van der Waals surface area contributed by atoms with Gasteiger partial charge in [0.1, 0.15) is 5.82 Å². The highest BCUT2D eigenvalue weighted by molar-refractivity contribution is 5.95. The number of nitrogens with zero attached hydrogens (tertiary/aromatic N) is 4. The second-order valence-electron chi connectivity index (χ2n) is 4.12. The molecule has 0 fully saturated rings. The first kappa shape index (κ1) is 10.8. The number of rotatable bonds is 2. The topological polar surface area (TPSA) is 71.2 Å². The predicted molar refractivity (Wildman–Crippen MR) is 65.0 cm³/mol. The summed E-state index contributed by atoms with van der Waals surface area (Å²) in [5, 5.41) is 13.4. The summed E-state index contributed by atoms with van der Waals surface area (Å²) in [7, 11) is 0. The molecule has 1 aliphatic heterocycles. The van der Waals surface area contributed by atoms with Crippen molar-refractivity contribution in [2.45, 2.75) is 13.0 Å². The number of hydrogen-bond donors (Lipinski definition) is 1. The van der Waals surface area contributed by atoms with Crippen LogP contribution in [0.5, 0.6) is 0 Å². The van der Waals surface area contributed by atoms with E-state index < -0.39 is 5.97 Å². The van der Waals surface area contributed by atoms with E-state index in [2.05, 4.69) is 10.1 Å². The highest BCUT2D eigenvalue weighted by Crippen LogP contribution is 2.30. The lowest BCUT2D eigenvalue weighted by Crippen LogP contribution is -2.29. The summed E-state index contributed by atoms with van der Waals surface area (Å²) in [6.45, 7) is 1.64. The van der Waals surface area contributed by atoms with E-state index >= 15 is 0 Å². The maximum absolute atomic E-state index is 11.2. The van der Waals surface area contributed by atoms with Crippen molar-refractivity contribution in [3.63, 3.8) is 0 Å². The molecule has 18 heavy (non-hydrogen) atoms. The van der Waals surface area contributed by atoms with Gasteiger partial charge in [-0.25, -0.2) is 9.48 Å². The number of aromatic nitrogens is 3. The van der Waals surface area contributed by atoms with E-state index in [1.54, 1.807) is 12.4 Å². The van der Waals surface area contributed by atoms with Crippen LogP contribution in [0, 0.1) is 0 Å². The number of hydrogen-bond acceptors (Lipinski definition) is 4. The minimum atomic E-state index is -0.941. The van der Waals surface area contributed by atoms with Gasteiger partial charge in [0.15, 0.2) is 0 Å². The minimum Gasteiger partial charge on any atom is -0.478 e. The number of fused-ring (bicyclic) bond motifs is 1. The number of pyridine rings is 1. The lowest BCUT2D eigenvalue weighted by atomic mass is 10.2. The van der Waals surface area contributed by atoms with E-state index in [1.807, 2.05) is 15.6 Å². The van der Waals surface area contributed by atoms with Crippen LogP contribution < -0.4 is 4.90 Å². The number of carbonyl (C=O) groups is 1. The van der Waals surface area contributed by atoms with Gasteiger partial charge in [-0.3, -0.25) is 4.98 Å². The molecular weight excluding hydrogens is 232 g/mol. The smallest absolute Gasteiger partial charge is 0.337 e. The zero-order chi connectivity index (χ0) is 12.5. The average Bonchev–Trinajstić information content (AvgIpc) is 2.86. The van der Waals surface area contributed by atoms with E-state index in [-0.39, 0.29) is 5.56 Å². The van der Waals surface area contributed by atoms with Crippen LogP contribution in [0.2, 0.25) is 0 Å². The molecule has 6 heteroatoms. The summed E-state index contributed by atoms with van der Waals surface area (Å²) in [6.07, 6.45) is 5.74. The third-order valence-electron chi connectivity index (χ3n) is 3.04. The van der Waals surface area contributed by atoms with Crippen molar-refractivity contribution in [1.82, 2.24) is 14.8 Å². The van der Waals surface area contributed by atoms with Crippen molar-refractivity contribution in [2.24, 2.45) is 0 Å². The highest BCUT2D eigenvalue weighted by Gasteiger charge is 2.22. The zero-order valence-corrected chi connectivity index (χ0v) is 9.65. The van der Waals surface area contributed by atoms with Crippen molar-refractivity contribution in [1.29, 1.82) is 0 Å². The van der Waals surface area contributed by atoms with E-state index in [4.69, 9.17) is 0 Å². The van der Waals surface area contributed by atoms with Crippen molar-refractivity contribution >= 4 is 17.5 Å². The van der Waals surface area contributed by atoms with Gasteiger partial charge in [0, 0.05) is 25.4 Å². The Labute approximate surface area is 103 Å². The molecule has 0 aliphatic carbocycles. The van der Waals surface area contributed by atoms with Crippen LogP contribution in [-0.2, 0) is 6.54 Å². The number of anilines is 2. The van der Waals surface area contributed by atoms with Gasteiger partial charge < -0.3 is 10.0 Å². The molecule has 0 saturated heterocycles. The second-order valence-corrected chi connectivity index (χ2v) is 4.12. The summed E-state index contributed by atoms with van der Waals surface area (Å²) in [6, 6.07) is 3.41. The Bertz CT molecular complexity index is 593. The van der Waals surface area contributed by atoms with Crippen molar-refractivity contribution < 1.29 is 9.90 Å². The molecule has 6 nitrogen and oxygen atoms in total. The molecule has 3 heterocycles. The van der Waals surface area contributed by atoms with Gasteiger partial charge in [-0.05, 0) is 12.5 Å².